The van der Waals surface area contributed by atoms with Crippen LogP contribution in [0.25, 0.3) is 59.8 Å². The lowest BCUT2D eigenvalue weighted by Gasteiger charge is -2.26. The van der Waals surface area contributed by atoms with E-state index in [1.54, 1.807) is 0 Å². The number of aryl methyl sites for hydroxylation is 2. The van der Waals surface area contributed by atoms with Gasteiger partial charge in [-0.15, -0.1) is 0 Å². The van der Waals surface area contributed by atoms with Crippen LogP contribution in [0.1, 0.15) is 77.6 Å². The number of para-hydroxylation sites is 1. The van der Waals surface area contributed by atoms with Crippen LogP contribution in [0.5, 0.6) is 0 Å². The Labute approximate surface area is 250 Å². The van der Waals surface area contributed by atoms with E-state index in [2.05, 4.69) is 139 Å². The van der Waals surface area contributed by atoms with Gasteiger partial charge in [0.25, 0.3) is 0 Å². The molecule has 0 aliphatic carbocycles. The summed E-state index contributed by atoms with van der Waals surface area (Å²) in [6.07, 6.45) is 4.36. The molecule has 0 saturated carbocycles. The summed E-state index contributed by atoms with van der Waals surface area (Å²) >= 11 is 0. The molecule has 214 valence electrons. The molecule has 0 spiro atoms. The van der Waals surface area contributed by atoms with Gasteiger partial charge in [-0.1, -0.05) is 91.8 Å². The van der Waals surface area contributed by atoms with Crippen LogP contribution in [0, 0.1) is 18.3 Å². The molecule has 3 heterocycles. The Hall–Kier alpha value is -3.65. The Bertz CT molecular complexity index is 2190. The highest BCUT2D eigenvalue weighted by Crippen LogP contribution is 2.47. The SMILES string of the molecule is Cc1c2cc(C(C)(C)C)ccc2c(CC(C)(C)C)c2c1c1c3c(cc[n+]1C)cc(CC(C)C)c1c4ccccc4n2c13. The van der Waals surface area contributed by atoms with Crippen molar-refractivity contribution in [3.05, 3.63) is 83.0 Å². The number of rotatable bonds is 3. The Morgan fingerprint density at radius 1 is 0.786 bits per heavy atom. The van der Waals surface area contributed by atoms with Crippen LogP contribution >= 0.6 is 0 Å². The smallest absolute Gasteiger partial charge is 0.224 e. The minimum atomic E-state index is 0.0909. The highest BCUT2D eigenvalue weighted by Gasteiger charge is 2.30. The number of hydrogen-bond donors (Lipinski definition) is 0. The largest absolute Gasteiger partial charge is 0.307 e. The van der Waals surface area contributed by atoms with E-state index in [1.165, 1.54) is 82.0 Å². The number of fused-ring (bicyclic) bond motifs is 7. The maximum absolute atomic E-state index is 2.67. The normalized spacial score (nSPS) is 13.4. The van der Waals surface area contributed by atoms with E-state index in [1.807, 2.05) is 0 Å². The molecule has 0 unspecified atom stereocenters. The Balaban J connectivity index is 1.86. The minimum absolute atomic E-state index is 0.0909. The summed E-state index contributed by atoms with van der Waals surface area (Å²) in [6, 6.07) is 21.3. The molecular formula is C40H45N2+. The molecule has 7 aromatic rings. The van der Waals surface area contributed by atoms with Crippen molar-refractivity contribution in [2.75, 3.05) is 0 Å². The topological polar surface area (TPSA) is 8.29 Å². The molecule has 0 aliphatic heterocycles. The van der Waals surface area contributed by atoms with Crippen LogP contribution in [-0.4, -0.2) is 4.40 Å². The van der Waals surface area contributed by atoms with Gasteiger partial charge in [-0.25, -0.2) is 4.57 Å². The molecule has 0 bridgehead atoms. The second kappa shape index (κ2) is 8.93. The number of aromatic nitrogens is 2. The van der Waals surface area contributed by atoms with Gasteiger partial charge in [0.2, 0.25) is 5.52 Å². The van der Waals surface area contributed by atoms with Crippen molar-refractivity contribution >= 4 is 59.8 Å². The number of benzene rings is 4. The predicted molar refractivity (Wildman–Crippen MR) is 182 cm³/mol. The first-order valence-electron chi connectivity index (χ1n) is 15.7. The zero-order chi connectivity index (χ0) is 29.9. The van der Waals surface area contributed by atoms with Gasteiger partial charge in [0.1, 0.15) is 7.05 Å². The summed E-state index contributed by atoms with van der Waals surface area (Å²) < 4.78 is 5.06. The van der Waals surface area contributed by atoms with Crippen LogP contribution in [0.3, 0.4) is 0 Å². The van der Waals surface area contributed by atoms with Crippen LogP contribution in [-0.2, 0) is 25.3 Å². The molecule has 2 heteroatoms. The quantitative estimate of drug-likeness (QED) is 0.117. The van der Waals surface area contributed by atoms with E-state index >= 15 is 0 Å². The third-order valence-electron chi connectivity index (χ3n) is 9.43. The third-order valence-corrected chi connectivity index (χ3v) is 9.43. The van der Waals surface area contributed by atoms with Crippen LogP contribution in [0.2, 0.25) is 0 Å². The molecule has 0 aliphatic rings. The third kappa shape index (κ3) is 3.87. The van der Waals surface area contributed by atoms with E-state index in [0.29, 0.717) is 5.92 Å². The molecule has 0 atom stereocenters. The van der Waals surface area contributed by atoms with Crippen molar-refractivity contribution in [2.45, 2.75) is 80.6 Å². The predicted octanol–water partition coefficient (Wildman–Crippen LogP) is 10.4. The van der Waals surface area contributed by atoms with E-state index in [-0.39, 0.29) is 10.8 Å². The van der Waals surface area contributed by atoms with Gasteiger partial charge in [-0.2, -0.15) is 0 Å². The first-order chi connectivity index (χ1) is 19.8. The highest BCUT2D eigenvalue weighted by molar-refractivity contribution is 6.29. The van der Waals surface area contributed by atoms with Crippen molar-refractivity contribution < 1.29 is 4.57 Å². The molecule has 4 aromatic carbocycles. The fourth-order valence-electron chi connectivity index (χ4n) is 7.65. The van der Waals surface area contributed by atoms with E-state index in [4.69, 9.17) is 0 Å². The van der Waals surface area contributed by atoms with Crippen molar-refractivity contribution in [1.29, 1.82) is 0 Å². The van der Waals surface area contributed by atoms with Gasteiger partial charge in [0.15, 0.2) is 6.20 Å². The van der Waals surface area contributed by atoms with Gasteiger partial charge < -0.3 is 4.40 Å². The minimum Gasteiger partial charge on any atom is -0.307 e. The number of pyridine rings is 2. The summed E-state index contributed by atoms with van der Waals surface area (Å²) in [4.78, 5) is 0. The van der Waals surface area contributed by atoms with Crippen molar-refractivity contribution in [1.82, 2.24) is 4.40 Å². The average Bonchev–Trinajstić information content (AvgIpc) is 3.25. The Kier molecular flexibility index (Phi) is 5.78. The molecule has 0 radical (unpaired) electrons. The summed E-state index contributed by atoms with van der Waals surface area (Å²) in [6.45, 7) is 21.2. The lowest BCUT2D eigenvalue weighted by molar-refractivity contribution is -0.643. The lowest BCUT2D eigenvalue weighted by Crippen LogP contribution is -2.29. The molecule has 7 rings (SSSR count). The summed E-state index contributed by atoms with van der Waals surface area (Å²) in [5, 5.41) is 9.74. The maximum atomic E-state index is 2.67. The zero-order valence-corrected chi connectivity index (χ0v) is 27.2. The van der Waals surface area contributed by atoms with Crippen molar-refractivity contribution in [3.8, 4) is 0 Å². The van der Waals surface area contributed by atoms with Gasteiger partial charge >= 0.3 is 0 Å². The van der Waals surface area contributed by atoms with Crippen LogP contribution in [0.4, 0.5) is 0 Å². The first kappa shape index (κ1) is 27.2. The molecular weight excluding hydrogens is 508 g/mol. The fraction of sp³-hybridized carbons (Fsp3) is 0.375. The second-order valence-corrected chi connectivity index (χ2v) is 15.5. The van der Waals surface area contributed by atoms with Gasteiger partial charge in [0.05, 0.1) is 27.3 Å². The molecule has 0 fully saturated rings. The summed E-state index contributed by atoms with van der Waals surface area (Å²) in [5.74, 6) is 0.585. The van der Waals surface area contributed by atoms with E-state index in [9.17, 15) is 0 Å². The standard InChI is InChI=1S/C40H45N2/c1-23(2)19-26-20-25-17-18-41(10)37-33-24(3)30-21-27(40(7,8)9)15-16-28(30)31(22-39(4,5)6)36(33)42-32-14-12-11-13-29(32)34(26)38(42)35(25)37/h11-18,20-21,23H,19,22H2,1-10H3/q+1. The van der Waals surface area contributed by atoms with Crippen molar-refractivity contribution in [3.63, 3.8) is 0 Å². The van der Waals surface area contributed by atoms with Gasteiger partial charge in [-0.05, 0) is 87.1 Å². The first-order valence-corrected chi connectivity index (χ1v) is 15.7. The van der Waals surface area contributed by atoms with Gasteiger partial charge in [0, 0.05) is 16.8 Å². The van der Waals surface area contributed by atoms with E-state index in [0.717, 1.165) is 12.8 Å². The number of nitrogens with zero attached hydrogens (tertiary/aromatic N) is 2. The molecule has 3 aromatic heterocycles. The average molecular weight is 554 g/mol. The fourth-order valence-corrected chi connectivity index (χ4v) is 7.65. The van der Waals surface area contributed by atoms with Crippen molar-refractivity contribution in [2.24, 2.45) is 18.4 Å². The molecule has 2 nitrogen and oxygen atoms in total. The van der Waals surface area contributed by atoms with Crippen LogP contribution in [0.15, 0.2) is 60.8 Å². The second-order valence-electron chi connectivity index (χ2n) is 15.5. The number of hydrogen-bond acceptors (Lipinski definition) is 0. The zero-order valence-electron chi connectivity index (χ0n) is 27.2. The molecule has 0 amide bonds. The van der Waals surface area contributed by atoms with E-state index < -0.39 is 0 Å². The Morgan fingerprint density at radius 3 is 2.21 bits per heavy atom. The summed E-state index contributed by atoms with van der Waals surface area (Å²) in [7, 11) is 2.24. The monoisotopic (exact) mass is 553 g/mol. The molecule has 0 saturated heterocycles. The molecule has 0 N–H and O–H groups in total. The molecule has 42 heavy (non-hydrogen) atoms. The maximum Gasteiger partial charge on any atom is 0.224 e. The van der Waals surface area contributed by atoms with Gasteiger partial charge in [-0.3, -0.25) is 0 Å². The highest BCUT2D eigenvalue weighted by atomic mass is 15.0. The summed E-state index contributed by atoms with van der Waals surface area (Å²) in [5.41, 5.74) is 11.4. The van der Waals surface area contributed by atoms with Crippen LogP contribution < -0.4 is 4.57 Å². The lowest BCUT2D eigenvalue weighted by atomic mass is 9.80. The Morgan fingerprint density at radius 2 is 1.52 bits per heavy atom.